The van der Waals surface area contributed by atoms with E-state index in [1.165, 1.54) is 0 Å². The molecule has 0 amide bonds. The van der Waals surface area contributed by atoms with E-state index in [4.69, 9.17) is 4.42 Å². The van der Waals surface area contributed by atoms with Crippen LogP contribution in [-0.4, -0.2) is 22.5 Å². The maximum atomic E-state index is 5.83. The van der Waals surface area contributed by atoms with Gasteiger partial charge in [-0.3, -0.25) is 0 Å². The monoisotopic (exact) mass is 358 g/mol. The summed E-state index contributed by atoms with van der Waals surface area (Å²) in [7, 11) is 0. The van der Waals surface area contributed by atoms with Gasteiger partial charge in [0.1, 0.15) is 5.76 Å². The van der Waals surface area contributed by atoms with E-state index in [9.17, 15) is 0 Å². The largest absolute Gasteiger partial charge is 0.441 e. The van der Waals surface area contributed by atoms with E-state index in [2.05, 4.69) is 57.2 Å². The summed E-state index contributed by atoms with van der Waals surface area (Å²) in [6.45, 7) is 5.12. The van der Waals surface area contributed by atoms with Gasteiger partial charge in [-0.2, -0.15) is 0 Å². The number of hydrogen-bond acceptors (Lipinski definition) is 3. The van der Waals surface area contributed by atoms with E-state index in [0.29, 0.717) is 11.9 Å². The number of benzene rings is 1. The summed E-state index contributed by atoms with van der Waals surface area (Å²) < 4.78 is 6.88. The summed E-state index contributed by atoms with van der Waals surface area (Å²) in [5.74, 6) is 1.60. The molecule has 4 heteroatoms. The third kappa shape index (κ3) is 3.33. The van der Waals surface area contributed by atoms with Crippen molar-refractivity contribution in [3.8, 4) is 11.5 Å². The molecule has 1 aliphatic rings. The van der Waals surface area contributed by atoms with Gasteiger partial charge < -0.3 is 9.32 Å². The minimum atomic E-state index is 0.433. The third-order valence-electron chi connectivity index (χ3n) is 3.89. The lowest BCUT2D eigenvalue weighted by Crippen LogP contribution is -2.29. The molecule has 1 atom stereocenters. The Morgan fingerprint density at radius 3 is 2.73 bits per heavy atom. The molecule has 2 heterocycles. The van der Waals surface area contributed by atoms with Crippen LogP contribution in [0.1, 0.15) is 18.4 Å². The maximum Gasteiger partial charge on any atom is 0.226 e. The Bertz CT molecular complexity index is 700. The van der Waals surface area contributed by atoms with E-state index in [0.717, 1.165) is 34.5 Å². The summed E-state index contributed by atoms with van der Waals surface area (Å²) in [6.07, 6.45) is 9.38. The Labute approximate surface area is 139 Å². The van der Waals surface area contributed by atoms with Crippen LogP contribution in [0.15, 0.2) is 57.6 Å². The van der Waals surface area contributed by atoms with Crippen LogP contribution in [0.4, 0.5) is 0 Å². The molecule has 1 aromatic carbocycles. The maximum absolute atomic E-state index is 5.83. The first-order chi connectivity index (χ1) is 10.6. The molecule has 0 spiro atoms. The van der Waals surface area contributed by atoms with Crippen LogP contribution in [-0.2, 0) is 6.42 Å². The van der Waals surface area contributed by atoms with Crippen LogP contribution in [0.3, 0.4) is 0 Å². The lowest BCUT2D eigenvalue weighted by Gasteiger charge is -2.27. The van der Waals surface area contributed by atoms with E-state index in [1.807, 2.05) is 31.2 Å². The van der Waals surface area contributed by atoms with E-state index in [1.54, 1.807) is 0 Å². The lowest BCUT2D eigenvalue weighted by molar-refractivity contribution is 0.335. The molecule has 0 saturated heterocycles. The molecular formula is C18H19BrN2O. The van der Waals surface area contributed by atoms with Crippen molar-refractivity contribution in [1.82, 2.24) is 9.88 Å². The summed E-state index contributed by atoms with van der Waals surface area (Å²) >= 11 is 3.44. The fourth-order valence-electron chi connectivity index (χ4n) is 2.52. The van der Waals surface area contributed by atoms with Gasteiger partial charge in [0, 0.05) is 29.0 Å². The SMILES string of the molecule is Cc1oc(-c2ccc(Br)cc2)nc1CCN1C=CC=C[C@H]1C. The summed E-state index contributed by atoms with van der Waals surface area (Å²) in [6, 6.07) is 8.46. The van der Waals surface area contributed by atoms with Crippen molar-refractivity contribution in [2.75, 3.05) is 6.54 Å². The van der Waals surface area contributed by atoms with Crippen LogP contribution in [0.5, 0.6) is 0 Å². The molecule has 0 radical (unpaired) electrons. The van der Waals surface area contributed by atoms with Gasteiger partial charge in [0.2, 0.25) is 5.89 Å². The molecule has 114 valence electrons. The average molecular weight is 359 g/mol. The normalized spacial score (nSPS) is 17.2. The van der Waals surface area contributed by atoms with Gasteiger partial charge >= 0.3 is 0 Å². The smallest absolute Gasteiger partial charge is 0.226 e. The molecule has 0 bridgehead atoms. The number of hydrogen-bond donors (Lipinski definition) is 0. The standard InChI is InChI=1S/C18H19BrN2O/c1-13-5-3-4-11-21(13)12-10-17-14(2)22-18(20-17)15-6-8-16(19)9-7-15/h3-9,11,13H,10,12H2,1-2H3/t13-/m1/s1. The Morgan fingerprint density at radius 2 is 2.00 bits per heavy atom. The zero-order valence-corrected chi connectivity index (χ0v) is 14.4. The number of halogens is 1. The molecule has 0 fully saturated rings. The minimum Gasteiger partial charge on any atom is -0.441 e. The highest BCUT2D eigenvalue weighted by atomic mass is 79.9. The molecule has 1 aromatic heterocycles. The molecule has 0 aliphatic carbocycles. The van der Waals surface area contributed by atoms with Crippen LogP contribution >= 0.6 is 15.9 Å². The zero-order chi connectivity index (χ0) is 15.5. The Hall–Kier alpha value is -1.81. The molecule has 3 nitrogen and oxygen atoms in total. The number of aromatic nitrogens is 1. The first-order valence-electron chi connectivity index (χ1n) is 7.46. The second kappa shape index (κ2) is 6.53. The molecule has 3 rings (SSSR count). The van der Waals surface area contributed by atoms with Gasteiger partial charge in [0.25, 0.3) is 0 Å². The van der Waals surface area contributed by atoms with Crippen LogP contribution in [0, 0.1) is 6.92 Å². The van der Waals surface area contributed by atoms with E-state index >= 15 is 0 Å². The van der Waals surface area contributed by atoms with Crippen molar-refractivity contribution >= 4 is 15.9 Å². The zero-order valence-electron chi connectivity index (χ0n) is 12.8. The Kier molecular flexibility index (Phi) is 4.48. The van der Waals surface area contributed by atoms with Gasteiger partial charge in [-0.1, -0.05) is 28.1 Å². The summed E-state index contributed by atoms with van der Waals surface area (Å²) in [5.41, 5.74) is 2.04. The first-order valence-corrected chi connectivity index (χ1v) is 8.26. The highest BCUT2D eigenvalue weighted by Gasteiger charge is 2.14. The quantitative estimate of drug-likeness (QED) is 0.790. The predicted molar refractivity (Wildman–Crippen MR) is 92.5 cm³/mol. The highest BCUT2D eigenvalue weighted by molar-refractivity contribution is 9.10. The molecule has 0 saturated carbocycles. The molecular weight excluding hydrogens is 340 g/mol. The second-order valence-corrected chi connectivity index (χ2v) is 6.40. The van der Waals surface area contributed by atoms with Crippen molar-refractivity contribution in [2.45, 2.75) is 26.3 Å². The summed E-state index contributed by atoms with van der Waals surface area (Å²) in [5, 5.41) is 0. The predicted octanol–water partition coefficient (Wildman–Crippen LogP) is 4.73. The number of oxazole rings is 1. The van der Waals surface area contributed by atoms with Crippen LogP contribution in [0.2, 0.25) is 0 Å². The van der Waals surface area contributed by atoms with Gasteiger partial charge in [-0.15, -0.1) is 0 Å². The van der Waals surface area contributed by atoms with E-state index < -0.39 is 0 Å². The fourth-order valence-corrected chi connectivity index (χ4v) is 2.78. The third-order valence-corrected chi connectivity index (χ3v) is 4.42. The molecule has 2 aromatic rings. The van der Waals surface area contributed by atoms with Crippen molar-refractivity contribution in [2.24, 2.45) is 0 Å². The van der Waals surface area contributed by atoms with Gasteiger partial charge in [0.15, 0.2) is 0 Å². The topological polar surface area (TPSA) is 29.3 Å². The second-order valence-electron chi connectivity index (χ2n) is 5.48. The number of aryl methyl sites for hydroxylation is 1. The highest BCUT2D eigenvalue weighted by Crippen LogP contribution is 2.24. The average Bonchev–Trinajstić information content (AvgIpc) is 2.88. The molecule has 0 N–H and O–H groups in total. The Morgan fingerprint density at radius 1 is 1.23 bits per heavy atom. The van der Waals surface area contributed by atoms with Crippen molar-refractivity contribution < 1.29 is 4.42 Å². The number of rotatable bonds is 4. The van der Waals surface area contributed by atoms with Gasteiger partial charge in [-0.05, 0) is 50.4 Å². The number of allylic oxidation sites excluding steroid dienone is 2. The van der Waals surface area contributed by atoms with Crippen molar-refractivity contribution in [1.29, 1.82) is 0 Å². The molecule has 1 aliphatic heterocycles. The van der Waals surface area contributed by atoms with Gasteiger partial charge in [-0.25, -0.2) is 4.98 Å². The summed E-state index contributed by atoms with van der Waals surface area (Å²) in [4.78, 5) is 6.98. The lowest BCUT2D eigenvalue weighted by atomic mass is 10.2. The molecule has 22 heavy (non-hydrogen) atoms. The molecule has 0 unspecified atom stereocenters. The Balaban J connectivity index is 1.71. The minimum absolute atomic E-state index is 0.433. The van der Waals surface area contributed by atoms with Crippen LogP contribution < -0.4 is 0 Å². The first kappa shape index (κ1) is 15.1. The van der Waals surface area contributed by atoms with Gasteiger partial charge in [0.05, 0.1) is 5.69 Å². The van der Waals surface area contributed by atoms with Crippen molar-refractivity contribution in [3.63, 3.8) is 0 Å². The fraction of sp³-hybridized carbons (Fsp3) is 0.278. The van der Waals surface area contributed by atoms with Crippen LogP contribution in [0.25, 0.3) is 11.5 Å². The van der Waals surface area contributed by atoms with Crippen molar-refractivity contribution in [3.05, 3.63) is 64.6 Å². The van der Waals surface area contributed by atoms with E-state index in [-0.39, 0.29) is 0 Å². The number of nitrogens with zero attached hydrogens (tertiary/aromatic N) is 2.